The van der Waals surface area contributed by atoms with E-state index in [9.17, 15) is 9.18 Å². The average Bonchev–Trinajstić information content (AvgIpc) is 2.67. The molecular formula is C11H10FN3OS. The second-order valence-electron chi connectivity index (χ2n) is 3.49. The molecular weight excluding hydrogens is 241 g/mol. The Labute approximate surface area is 103 Å². The van der Waals surface area contributed by atoms with Gasteiger partial charge < -0.3 is 5.32 Å². The molecule has 0 atom stereocenters. The van der Waals surface area contributed by atoms with E-state index in [-0.39, 0.29) is 5.56 Å². The van der Waals surface area contributed by atoms with Crippen LogP contribution in [-0.4, -0.2) is 15.7 Å². The first-order valence-electron chi connectivity index (χ1n) is 4.86. The number of amides is 1. The lowest BCUT2D eigenvalue weighted by Crippen LogP contribution is -2.14. The maximum absolute atomic E-state index is 13.4. The summed E-state index contributed by atoms with van der Waals surface area (Å²) < 4.78 is 15.0. The first-order valence-corrected chi connectivity index (χ1v) is 5.30. The molecule has 1 amide bonds. The van der Waals surface area contributed by atoms with Crippen molar-refractivity contribution in [3.05, 3.63) is 41.8 Å². The van der Waals surface area contributed by atoms with Crippen LogP contribution in [0.4, 0.5) is 10.2 Å². The van der Waals surface area contributed by atoms with Crippen LogP contribution in [-0.2, 0) is 7.05 Å². The van der Waals surface area contributed by atoms with E-state index in [1.165, 1.54) is 18.2 Å². The first kappa shape index (κ1) is 11.7. The van der Waals surface area contributed by atoms with Crippen LogP contribution < -0.4 is 5.32 Å². The molecule has 0 aliphatic heterocycles. The number of thiol groups is 1. The van der Waals surface area contributed by atoms with Gasteiger partial charge in [-0.2, -0.15) is 5.10 Å². The van der Waals surface area contributed by atoms with Gasteiger partial charge in [-0.1, -0.05) is 0 Å². The summed E-state index contributed by atoms with van der Waals surface area (Å²) in [6, 6.07) is 5.68. The molecule has 2 aromatic rings. The molecule has 1 heterocycles. The number of nitrogens with one attached hydrogen (secondary N) is 1. The van der Waals surface area contributed by atoms with Crippen molar-refractivity contribution in [3.8, 4) is 0 Å². The van der Waals surface area contributed by atoms with E-state index < -0.39 is 11.7 Å². The number of carbonyl (C=O) groups excluding carboxylic acids is 1. The normalized spacial score (nSPS) is 10.3. The Hall–Kier alpha value is -1.82. The summed E-state index contributed by atoms with van der Waals surface area (Å²) >= 11 is 4.06. The SMILES string of the molecule is Cn1ccc(NC(=O)c2cc(S)ccc2F)n1. The molecule has 0 unspecified atom stereocenters. The average molecular weight is 251 g/mol. The highest BCUT2D eigenvalue weighted by Gasteiger charge is 2.13. The lowest BCUT2D eigenvalue weighted by molar-refractivity contribution is 0.102. The van der Waals surface area contributed by atoms with Crippen LogP contribution >= 0.6 is 12.6 Å². The smallest absolute Gasteiger partial charge is 0.259 e. The number of rotatable bonds is 2. The van der Waals surface area contributed by atoms with Gasteiger partial charge in [-0.15, -0.1) is 12.6 Å². The Balaban J connectivity index is 2.22. The standard InChI is InChI=1S/C11H10FN3OS/c1-15-5-4-10(14-15)13-11(16)8-6-7(17)2-3-9(8)12/h2-6,17H,1H3,(H,13,14,16). The van der Waals surface area contributed by atoms with Gasteiger partial charge in [-0.05, 0) is 18.2 Å². The minimum Gasteiger partial charge on any atom is -0.305 e. The number of carbonyl (C=O) groups is 1. The van der Waals surface area contributed by atoms with E-state index in [4.69, 9.17) is 0 Å². The van der Waals surface area contributed by atoms with Crippen LogP contribution in [0.5, 0.6) is 0 Å². The molecule has 1 aromatic carbocycles. The number of benzene rings is 1. The summed E-state index contributed by atoms with van der Waals surface area (Å²) in [5.74, 6) is -0.755. The lowest BCUT2D eigenvalue weighted by atomic mass is 10.2. The van der Waals surface area contributed by atoms with E-state index in [0.717, 1.165) is 0 Å². The number of anilines is 1. The molecule has 0 saturated heterocycles. The lowest BCUT2D eigenvalue weighted by Gasteiger charge is -2.04. The number of hydrogen-bond acceptors (Lipinski definition) is 3. The molecule has 1 aromatic heterocycles. The zero-order valence-corrected chi connectivity index (χ0v) is 9.91. The molecule has 0 saturated carbocycles. The van der Waals surface area contributed by atoms with Crippen LogP contribution in [0, 0.1) is 5.82 Å². The van der Waals surface area contributed by atoms with Gasteiger partial charge >= 0.3 is 0 Å². The quantitative estimate of drug-likeness (QED) is 0.803. The molecule has 17 heavy (non-hydrogen) atoms. The van der Waals surface area contributed by atoms with Crippen LogP contribution in [0.25, 0.3) is 0 Å². The maximum Gasteiger partial charge on any atom is 0.259 e. The van der Waals surface area contributed by atoms with Gasteiger partial charge in [0.2, 0.25) is 0 Å². The van der Waals surface area contributed by atoms with Crippen LogP contribution in [0.15, 0.2) is 35.4 Å². The third kappa shape index (κ3) is 2.65. The molecule has 88 valence electrons. The van der Waals surface area contributed by atoms with E-state index in [0.29, 0.717) is 10.7 Å². The summed E-state index contributed by atoms with van der Waals surface area (Å²) in [6.45, 7) is 0. The van der Waals surface area contributed by atoms with Gasteiger partial charge in [-0.25, -0.2) is 4.39 Å². The molecule has 2 rings (SSSR count). The van der Waals surface area contributed by atoms with Gasteiger partial charge in [0.05, 0.1) is 5.56 Å². The van der Waals surface area contributed by atoms with E-state index in [1.54, 1.807) is 24.0 Å². The number of aromatic nitrogens is 2. The third-order valence-electron chi connectivity index (χ3n) is 2.15. The summed E-state index contributed by atoms with van der Waals surface area (Å²) in [7, 11) is 1.73. The minimum absolute atomic E-state index is 0.0526. The van der Waals surface area contributed by atoms with Crippen LogP contribution in [0.2, 0.25) is 0 Å². The molecule has 0 aliphatic carbocycles. The van der Waals surface area contributed by atoms with Gasteiger partial charge in [-0.3, -0.25) is 9.48 Å². The van der Waals surface area contributed by atoms with Gasteiger partial charge in [0, 0.05) is 24.2 Å². The second kappa shape index (κ2) is 4.58. The first-order chi connectivity index (χ1) is 8.06. The molecule has 0 fully saturated rings. The third-order valence-corrected chi connectivity index (χ3v) is 2.43. The Kier molecular flexibility index (Phi) is 3.14. The monoisotopic (exact) mass is 251 g/mol. The fraction of sp³-hybridized carbons (Fsp3) is 0.0909. The topological polar surface area (TPSA) is 46.9 Å². The molecule has 4 nitrogen and oxygen atoms in total. The number of nitrogens with zero attached hydrogens (tertiary/aromatic N) is 2. The second-order valence-corrected chi connectivity index (χ2v) is 4.01. The molecule has 0 radical (unpaired) electrons. The molecule has 6 heteroatoms. The van der Waals surface area contributed by atoms with Crippen molar-refractivity contribution in [1.82, 2.24) is 9.78 Å². The minimum atomic E-state index is -0.587. The van der Waals surface area contributed by atoms with Crippen LogP contribution in [0.3, 0.4) is 0 Å². The number of halogens is 1. The zero-order chi connectivity index (χ0) is 12.4. The summed E-state index contributed by atoms with van der Waals surface area (Å²) in [6.07, 6.45) is 1.68. The Morgan fingerprint density at radius 2 is 2.24 bits per heavy atom. The highest BCUT2D eigenvalue weighted by molar-refractivity contribution is 7.80. The molecule has 0 bridgehead atoms. The molecule has 0 spiro atoms. The van der Waals surface area contributed by atoms with E-state index in [2.05, 4.69) is 23.0 Å². The fourth-order valence-electron chi connectivity index (χ4n) is 1.35. The maximum atomic E-state index is 13.4. The molecule has 0 aliphatic rings. The summed E-state index contributed by atoms with van der Waals surface area (Å²) in [5.41, 5.74) is -0.0526. The predicted molar refractivity (Wildman–Crippen MR) is 64.8 cm³/mol. The highest BCUT2D eigenvalue weighted by atomic mass is 32.1. The predicted octanol–water partition coefficient (Wildman–Crippen LogP) is 2.10. The van der Waals surface area contributed by atoms with Gasteiger partial charge in [0.15, 0.2) is 5.82 Å². The van der Waals surface area contributed by atoms with Crippen molar-refractivity contribution in [2.24, 2.45) is 7.05 Å². The van der Waals surface area contributed by atoms with Crippen molar-refractivity contribution in [3.63, 3.8) is 0 Å². The van der Waals surface area contributed by atoms with Gasteiger partial charge in [0.1, 0.15) is 5.82 Å². The van der Waals surface area contributed by atoms with Crippen molar-refractivity contribution in [1.29, 1.82) is 0 Å². The Morgan fingerprint density at radius 1 is 1.47 bits per heavy atom. The van der Waals surface area contributed by atoms with Gasteiger partial charge in [0.25, 0.3) is 5.91 Å². The fourth-order valence-corrected chi connectivity index (χ4v) is 1.56. The summed E-state index contributed by atoms with van der Waals surface area (Å²) in [4.78, 5) is 12.3. The summed E-state index contributed by atoms with van der Waals surface area (Å²) in [5, 5.41) is 6.47. The Bertz CT molecular complexity index is 568. The van der Waals surface area contributed by atoms with Crippen molar-refractivity contribution < 1.29 is 9.18 Å². The highest BCUT2D eigenvalue weighted by Crippen LogP contribution is 2.15. The largest absolute Gasteiger partial charge is 0.305 e. The van der Waals surface area contributed by atoms with E-state index in [1.807, 2.05) is 0 Å². The van der Waals surface area contributed by atoms with Crippen LogP contribution in [0.1, 0.15) is 10.4 Å². The van der Waals surface area contributed by atoms with E-state index >= 15 is 0 Å². The number of hydrogen-bond donors (Lipinski definition) is 2. The van der Waals surface area contributed by atoms with Crippen molar-refractivity contribution in [2.75, 3.05) is 5.32 Å². The zero-order valence-electron chi connectivity index (χ0n) is 9.01. The van der Waals surface area contributed by atoms with Crippen molar-refractivity contribution in [2.45, 2.75) is 4.90 Å². The molecule has 1 N–H and O–H groups in total. The van der Waals surface area contributed by atoms with Crippen molar-refractivity contribution >= 4 is 24.4 Å². The Morgan fingerprint density at radius 3 is 2.88 bits per heavy atom. The number of aryl methyl sites for hydroxylation is 1.